The largest absolute Gasteiger partial charge is 0.310 e. The van der Waals surface area contributed by atoms with Crippen molar-refractivity contribution in [3.63, 3.8) is 0 Å². The summed E-state index contributed by atoms with van der Waals surface area (Å²) in [6.07, 6.45) is 3.96. The maximum atomic E-state index is 13.3. The summed E-state index contributed by atoms with van der Waals surface area (Å²) in [4.78, 5) is 20.5. The summed E-state index contributed by atoms with van der Waals surface area (Å²) in [5.74, 6) is -0.226. The number of rotatable bonds is 4. The standard InChI is InChI=1S/C16H15FN4O/c1-2-8-21-14-6-5-12(17)9-13(14)19-16(21)20-15(22)11-4-3-7-18-10-11/h3-7,9-10H,2,8H2,1H3,(H,19,20,22). The molecule has 0 saturated carbocycles. The van der Waals surface area contributed by atoms with Gasteiger partial charge in [-0.1, -0.05) is 6.92 Å². The lowest BCUT2D eigenvalue weighted by Crippen LogP contribution is -2.16. The van der Waals surface area contributed by atoms with Crippen molar-refractivity contribution < 1.29 is 9.18 Å². The van der Waals surface area contributed by atoms with E-state index in [1.807, 2.05) is 11.5 Å². The van der Waals surface area contributed by atoms with Gasteiger partial charge in [0.05, 0.1) is 16.6 Å². The Labute approximate surface area is 126 Å². The van der Waals surface area contributed by atoms with Gasteiger partial charge in [0.25, 0.3) is 5.91 Å². The summed E-state index contributed by atoms with van der Waals surface area (Å²) >= 11 is 0. The molecule has 0 unspecified atom stereocenters. The predicted molar refractivity (Wildman–Crippen MR) is 82.2 cm³/mol. The number of amides is 1. The summed E-state index contributed by atoms with van der Waals surface area (Å²) in [5.41, 5.74) is 1.77. The van der Waals surface area contributed by atoms with Crippen molar-refractivity contribution in [2.24, 2.45) is 0 Å². The molecule has 0 fully saturated rings. The van der Waals surface area contributed by atoms with E-state index in [9.17, 15) is 9.18 Å². The van der Waals surface area contributed by atoms with Gasteiger partial charge < -0.3 is 4.57 Å². The Hall–Kier alpha value is -2.76. The maximum absolute atomic E-state index is 13.3. The number of fused-ring (bicyclic) bond motifs is 1. The molecule has 3 aromatic rings. The number of nitrogens with one attached hydrogen (secondary N) is 1. The van der Waals surface area contributed by atoms with Crippen LogP contribution in [0.15, 0.2) is 42.7 Å². The summed E-state index contributed by atoms with van der Waals surface area (Å²) in [7, 11) is 0. The van der Waals surface area contributed by atoms with Crippen LogP contribution < -0.4 is 5.32 Å². The fourth-order valence-electron chi connectivity index (χ4n) is 2.32. The van der Waals surface area contributed by atoms with Crippen molar-refractivity contribution in [1.29, 1.82) is 0 Å². The molecule has 0 aliphatic rings. The summed E-state index contributed by atoms with van der Waals surface area (Å²) in [6, 6.07) is 7.80. The molecule has 3 rings (SSSR count). The summed E-state index contributed by atoms with van der Waals surface area (Å²) < 4.78 is 15.2. The number of pyridine rings is 1. The van der Waals surface area contributed by atoms with Crippen molar-refractivity contribution in [3.05, 3.63) is 54.1 Å². The van der Waals surface area contributed by atoms with Crippen molar-refractivity contribution >= 4 is 22.9 Å². The lowest BCUT2D eigenvalue weighted by Gasteiger charge is -2.08. The monoisotopic (exact) mass is 298 g/mol. The molecule has 1 amide bonds. The number of carbonyl (C=O) groups excluding carboxylic acids is 1. The van der Waals surface area contributed by atoms with Crippen LogP contribution in [-0.4, -0.2) is 20.4 Å². The molecular weight excluding hydrogens is 283 g/mol. The van der Waals surface area contributed by atoms with Gasteiger partial charge in [0.2, 0.25) is 5.95 Å². The minimum atomic E-state index is -0.348. The molecule has 0 saturated heterocycles. The second-order valence-electron chi connectivity index (χ2n) is 4.92. The van der Waals surface area contributed by atoms with E-state index in [1.54, 1.807) is 24.4 Å². The first-order chi connectivity index (χ1) is 10.7. The van der Waals surface area contributed by atoms with Crippen LogP contribution in [0.4, 0.5) is 10.3 Å². The minimum absolute atomic E-state index is 0.291. The van der Waals surface area contributed by atoms with Crippen LogP contribution in [0.5, 0.6) is 0 Å². The van der Waals surface area contributed by atoms with Gasteiger partial charge in [-0.25, -0.2) is 9.37 Å². The van der Waals surface area contributed by atoms with E-state index in [-0.39, 0.29) is 11.7 Å². The number of anilines is 1. The first kappa shape index (κ1) is 14.2. The van der Waals surface area contributed by atoms with Gasteiger partial charge in [-0.05, 0) is 30.7 Å². The average molecular weight is 298 g/mol. The predicted octanol–water partition coefficient (Wildman–Crippen LogP) is 3.23. The fraction of sp³-hybridized carbons (Fsp3) is 0.188. The van der Waals surface area contributed by atoms with Crippen LogP contribution in [0.1, 0.15) is 23.7 Å². The second kappa shape index (κ2) is 5.93. The van der Waals surface area contributed by atoms with Crippen molar-refractivity contribution in [3.8, 4) is 0 Å². The SMILES string of the molecule is CCCn1c(NC(=O)c2cccnc2)nc2cc(F)ccc21. The molecule has 0 atom stereocenters. The third kappa shape index (κ3) is 2.67. The van der Waals surface area contributed by atoms with E-state index >= 15 is 0 Å². The quantitative estimate of drug-likeness (QED) is 0.804. The highest BCUT2D eigenvalue weighted by Gasteiger charge is 2.14. The van der Waals surface area contributed by atoms with Crippen LogP contribution in [0.2, 0.25) is 0 Å². The number of nitrogens with zero attached hydrogens (tertiary/aromatic N) is 3. The first-order valence-electron chi connectivity index (χ1n) is 7.06. The number of aryl methyl sites for hydroxylation is 1. The van der Waals surface area contributed by atoms with Gasteiger partial charge in [0, 0.05) is 25.0 Å². The van der Waals surface area contributed by atoms with E-state index in [0.29, 0.717) is 23.6 Å². The molecule has 0 aliphatic carbocycles. The zero-order valence-corrected chi connectivity index (χ0v) is 12.1. The lowest BCUT2D eigenvalue weighted by molar-refractivity contribution is 0.102. The minimum Gasteiger partial charge on any atom is -0.310 e. The van der Waals surface area contributed by atoms with Gasteiger partial charge in [0.15, 0.2) is 0 Å². The third-order valence-electron chi connectivity index (χ3n) is 3.31. The van der Waals surface area contributed by atoms with Crippen LogP contribution in [-0.2, 0) is 6.54 Å². The van der Waals surface area contributed by atoms with Crippen LogP contribution in [0, 0.1) is 5.82 Å². The third-order valence-corrected chi connectivity index (χ3v) is 3.31. The Morgan fingerprint density at radius 2 is 2.23 bits per heavy atom. The number of halogens is 1. The normalized spacial score (nSPS) is 10.8. The maximum Gasteiger partial charge on any atom is 0.259 e. The zero-order valence-electron chi connectivity index (χ0n) is 12.1. The van der Waals surface area contributed by atoms with Gasteiger partial charge in [-0.2, -0.15) is 0 Å². The summed E-state index contributed by atoms with van der Waals surface area (Å²) in [6.45, 7) is 2.72. The van der Waals surface area contributed by atoms with Crippen LogP contribution >= 0.6 is 0 Å². The number of aromatic nitrogens is 3. The summed E-state index contributed by atoms with van der Waals surface area (Å²) in [5, 5.41) is 2.77. The van der Waals surface area contributed by atoms with Gasteiger partial charge in [0.1, 0.15) is 5.82 Å². The molecule has 5 nitrogen and oxygen atoms in total. The number of imidazole rings is 1. The molecule has 1 N–H and O–H groups in total. The highest BCUT2D eigenvalue weighted by atomic mass is 19.1. The molecule has 0 spiro atoms. The van der Waals surface area contributed by atoms with Crippen LogP contribution in [0.3, 0.4) is 0 Å². The number of benzene rings is 1. The molecule has 112 valence electrons. The smallest absolute Gasteiger partial charge is 0.259 e. The Morgan fingerprint density at radius 1 is 1.36 bits per heavy atom. The highest BCUT2D eigenvalue weighted by Crippen LogP contribution is 2.21. The van der Waals surface area contributed by atoms with Crippen molar-refractivity contribution in [2.75, 3.05) is 5.32 Å². The fourth-order valence-corrected chi connectivity index (χ4v) is 2.32. The lowest BCUT2D eigenvalue weighted by atomic mass is 10.3. The molecule has 2 aromatic heterocycles. The Morgan fingerprint density at radius 3 is 2.95 bits per heavy atom. The van der Waals surface area contributed by atoms with E-state index in [4.69, 9.17) is 0 Å². The molecule has 0 aliphatic heterocycles. The number of hydrogen-bond acceptors (Lipinski definition) is 3. The molecule has 22 heavy (non-hydrogen) atoms. The van der Waals surface area contributed by atoms with Gasteiger partial charge in [-0.3, -0.25) is 15.1 Å². The Bertz CT molecular complexity index is 814. The van der Waals surface area contributed by atoms with E-state index < -0.39 is 0 Å². The van der Waals surface area contributed by atoms with Gasteiger partial charge >= 0.3 is 0 Å². The number of hydrogen-bond donors (Lipinski definition) is 1. The second-order valence-corrected chi connectivity index (χ2v) is 4.92. The Balaban J connectivity index is 1.99. The van der Waals surface area contributed by atoms with E-state index in [1.165, 1.54) is 18.3 Å². The molecule has 0 radical (unpaired) electrons. The van der Waals surface area contributed by atoms with Gasteiger partial charge in [-0.15, -0.1) is 0 Å². The highest BCUT2D eigenvalue weighted by molar-refractivity contribution is 6.03. The van der Waals surface area contributed by atoms with Crippen molar-refractivity contribution in [1.82, 2.24) is 14.5 Å². The molecule has 0 bridgehead atoms. The first-order valence-corrected chi connectivity index (χ1v) is 7.06. The Kier molecular flexibility index (Phi) is 3.82. The average Bonchev–Trinajstić information content (AvgIpc) is 2.85. The zero-order chi connectivity index (χ0) is 15.5. The molecule has 1 aromatic carbocycles. The number of carbonyl (C=O) groups is 1. The molecule has 2 heterocycles. The van der Waals surface area contributed by atoms with Crippen LogP contribution in [0.25, 0.3) is 11.0 Å². The van der Waals surface area contributed by atoms with Crippen molar-refractivity contribution in [2.45, 2.75) is 19.9 Å². The van der Waals surface area contributed by atoms with E-state index in [0.717, 1.165) is 11.9 Å². The van der Waals surface area contributed by atoms with E-state index in [2.05, 4.69) is 15.3 Å². The molecule has 6 heteroatoms. The topological polar surface area (TPSA) is 59.8 Å². The molecular formula is C16H15FN4O.